The maximum absolute atomic E-state index is 10.6. The number of halogens is 2. The summed E-state index contributed by atoms with van der Waals surface area (Å²) in [4.78, 5) is 0. The number of hydrogen-bond donors (Lipinski definition) is 1. The Morgan fingerprint density at radius 1 is 1.00 bits per heavy atom. The molecule has 0 aliphatic rings. The van der Waals surface area contributed by atoms with Gasteiger partial charge in [-0.2, -0.15) is 0 Å². The molecule has 0 amide bonds. The lowest BCUT2D eigenvalue weighted by Gasteiger charge is -2.18. The summed E-state index contributed by atoms with van der Waals surface area (Å²) in [6.45, 7) is 1.89. The minimum atomic E-state index is -0.893. The number of benzene rings is 2. The van der Waals surface area contributed by atoms with Gasteiger partial charge < -0.3 is 14.6 Å². The van der Waals surface area contributed by atoms with E-state index in [2.05, 4.69) is 0 Å². The molecule has 112 valence electrons. The first kappa shape index (κ1) is 16.0. The smallest absolute Gasteiger partial charge is 0.161 e. The van der Waals surface area contributed by atoms with Crippen molar-refractivity contribution < 1.29 is 14.6 Å². The van der Waals surface area contributed by atoms with Crippen LogP contribution in [0.15, 0.2) is 30.3 Å². The SMILES string of the molecule is COc1cc(C)c(C(O)c2cccc(Cl)c2Cl)cc1OC. The molecule has 0 heterocycles. The van der Waals surface area contributed by atoms with Crippen LogP contribution in [0.5, 0.6) is 11.5 Å². The number of ether oxygens (including phenoxy) is 2. The van der Waals surface area contributed by atoms with Crippen LogP contribution in [0.1, 0.15) is 22.8 Å². The minimum Gasteiger partial charge on any atom is -0.493 e. The predicted molar refractivity (Wildman–Crippen MR) is 84.8 cm³/mol. The molecule has 0 bridgehead atoms. The van der Waals surface area contributed by atoms with Gasteiger partial charge in [0.1, 0.15) is 6.10 Å². The molecule has 0 spiro atoms. The van der Waals surface area contributed by atoms with Crippen molar-refractivity contribution in [2.45, 2.75) is 13.0 Å². The van der Waals surface area contributed by atoms with Gasteiger partial charge in [-0.1, -0.05) is 35.3 Å². The van der Waals surface area contributed by atoms with Crippen molar-refractivity contribution in [3.05, 3.63) is 57.1 Å². The lowest BCUT2D eigenvalue weighted by atomic mass is 9.97. The standard InChI is InChI=1S/C16H16Cl2O3/c1-9-7-13(20-2)14(21-3)8-11(9)16(19)10-5-4-6-12(17)15(10)18/h4-8,16,19H,1-3H3. The summed E-state index contributed by atoms with van der Waals surface area (Å²) in [5.41, 5.74) is 2.12. The molecule has 2 aromatic rings. The van der Waals surface area contributed by atoms with Gasteiger partial charge in [0.15, 0.2) is 11.5 Å². The monoisotopic (exact) mass is 326 g/mol. The van der Waals surface area contributed by atoms with Gasteiger partial charge in [-0.3, -0.25) is 0 Å². The van der Waals surface area contributed by atoms with Crippen molar-refractivity contribution in [3.63, 3.8) is 0 Å². The summed E-state index contributed by atoms with van der Waals surface area (Å²) in [5.74, 6) is 1.17. The molecule has 0 fully saturated rings. The lowest BCUT2D eigenvalue weighted by Crippen LogP contribution is -2.04. The van der Waals surface area contributed by atoms with Crippen molar-refractivity contribution in [2.24, 2.45) is 0 Å². The Labute approximate surface area is 134 Å². The quantitative estimate of drug-likeness (QED) is 0.904. The maximum atomic E-state index is 10.6. The van der Waals surface area contributed by atoms with E-state index in [0.717, 1.165) is 5.56 Å². The van der Waals surface area contributed by atoms with E-state index in [1.165, 1.54) is 0 Å². The van der Waals surface area contributed by atoms with Gasteiger partial charge in [0.05, 0.1) is 24.3 Å². The number of methoxy groups -OCH3 is 2. The minimum absolute atomic E-state index is 0.348. The van der Waals surface area contributed by atoms with Crippen LogP contribution in [0.25, 0.3) is 0 Å². The van der Waals surface area contributed by atoms with Gasteiger partial charge >= 0.3 is 0 Å². The van der Waals surface area contributed by atoms with Gasteiger partial charge in [-0.25, -0.2) is 0 Å². The normalized spacial score (nSPS) is 12.1. The fourth-order valence-corrected chi connectivity index (χ4v) is 2.60. The molecule has 1 atom stereocenters. The topological polar surface area (TPSA) is 38.7 Å². The highest BCUT2D eigenvalue weighted by Crippen LogP contribution is 2.38. The van der Waals surface area contributed by atoms with Crippen molar-refractivity contribution >= 4 is 23.2 Å². The van der Waals surface area contributed by atoms with Crippen molar-refractivity contribution in [2.75, 3.05) is 14.2 Å². The van der Waals surface area contributed by atoms with E-state index >= 15 is 0 Å². The van der Waals surface area contributed by atoms with Gasteiger partial charge in [-0.05, 0) is 36.2 Å². The van der Waals surface area contributed by atoms with Gasteiger partial charge in [0.2, 0.25) is 0 Å². The second kappa shape index (κ2) is 6.56. The first-order chi connectivity index (χ1) is 9.99. The summed E-state index contributed by atoms with van der Waals surface area (Å²) >= 11 is 12.2. The highest BCUT2D eigenvalue weighted by atomic mass is 35.5. The molecule has 0 saturated heterocycles. The first-order valence-corrected chi connectivity index (χ1v) is 7.09. The largest absolute Gasteiger partial charge is 0.493 e. The Morgan fingerprint density at radius 2 is 1.62 bits per heavy atom. The molecule has 2 aromatic carbocycles. The van der Waals surface area contributed by atoms with E-state index in [9.17, 15) is 5.11 Å². The van der Waals surface area contributed by atoms with Crippen LogP contribution in [0.3, 0.4) is 0 Å². The summed E-state index contributed by atoms with van der Waals surface area (Å²) < 4.78 is 10.5. The van der Waals surface area contributed by atoms with Crippen LogP contribution in [0.2, 0.25) is 10.0 Å². The van der Waals surface area contributed by atoms with Crippen LogP contribution >= 0.6 is 23.2 Å². The Hall–Kier alpha value is -1.42. The van der Waals surface area contributed by atoms with E-state index in [0.29, 0.717) is 32.7 Å². The molecular formula is C16H16Cl2O3. The first-order valence-electron chi connectivity index (χ1n) is 6.34. The number of hydrogen-bond acceptors (Lipinski definition) is 3. The summed E-state index contributed by atoms with van der Waals surface area (Å²) in [5, 5.41) is 11.4. The Morgan fingerprint density at radius 3 is 2.24 bits per heavy atom. The lowest BCUT2D eigenvalue weighted by molar-refractivity contribution is 0.218. The highest BCUT2D eigenvalue weighted by molar-refractivity contribution is 6.42. The van der Waals surface area contributed by atoms with Crippen molar-refractivity contribution in [1.82, 2.24) is 0 Å². The van der Waals surface area contributed by atoms with Gasteiger partial charge in [0, 0.05) is 5.56 Å². The molecule has 1 N–H and O–H groups in total. The third kappa shape index (κ3) is 3.10. The maximum Gasteiger partial charge on any atom is 0.161 e. The van der Waals surface area contributed by atoms with Crippen LogP contribution in [-0.4, -0.2) is 19.3 Å². The zero-order chi connectivity index (χ0) is 15.6. The molecule has 0 aliphatic carbocycles. The number of aliphatic hydroxyl groups is 1. The molecule has 2 rings (SSSR count). The van der Waals surface area contributed by atoms with Crippen LogP contribution in [0.4, 0.5) is 0 Å². The predicted octanol–water partition coefficient (Wildman–Crippen LogP) is 4.40. The van der Waals surface area contributed by atoms with E-state index < -0.39 is 6.10 Å². The van der Waals surface area contributed by atoms with E-state index in [4.69, 9.17) is 32.7 Å². The molecule has 3 nitrogen and oxygen atoms in total. The van der Waals surface area contributed by atoms with Crippen LogP contribution in [-0.2, 0) is 0 Å². The second-order valence-corrected chi connectivity index (χ2v) is 5.39. The molecule has 0 aliphatic heterocycles. The molecule has 0 saturated carbocycles. The zero-order valence-electron chi connectivity index (χ0n) is 12.0. The summed E-state index contributed by atoms with van der Waals surface area (Å²) in [6, 6.07) is 8.74. The number of rotatable bonds is 4. The molecule has 0 aromatic heterocycles. The summed E-state index contributed by atoms with van der Waals surface area (Å²) in [6.07, 6.45) is -0.893. The van der Waals surface area contributed by atoms with Crippen LogP contribution < -0.4 is 9.47 Å². The van der Waals surface area contributed by atoms with E-state index in [1.54, 1.807) is 38.5 Å². The van der Waals surface area contributed by atoms with Crippen molar-refractivity contribution in [1.29, 1.82) is 0 Å². The second-order valence-electron chi connectivity index (χ2n) is 4.61. The average molecular weight is 327 g/mol. The Balaban J connectivity index is 2.53. The van der Waals surface area contributed by atoms with Gasteiger partial charge in [-0.15, -0.1) is 0 Å². The van der Waals surface area contributed by atoms with Crippen LogP contribution in [0, 0.1) is 6.92 Å². The Kier molecular flexibility index (Phi) is 4.99. The third-order valence-electron chi connectivity index (χ3n) is 3.34. The Bertz CT molecular complexity index is 656. The molecule has 5 heteroatoms. The van der Waals surface area contributed by atoms with Crippen molar-refractivity contribution in [3.8, 4) is 11.5 Å². The zero-order valence-corrected chi connectivity index (χ0v) is 13.5. The summed E-state index contributed by atoms with van der Waals surface area (Å²) in [7, 11) is 3.12. The number of aliphatic hydroxyl groups excluding tert-OH is 1. The van der Waals surface area contributed by atoms with Gasteiger partial charge in [0.25, 0.3) is 0 Å². The highest BCUT2D eigenvalue weighted by Gasteiger charge is 2.20. The van der Waals surface area contributed by atoms with E-state index in [-0.39, 0.29) is 0 Å². The van der Waals surface area contributed by atoms with E-state index in [1.807, 2.05) is 13.0 Å². The molecule has 0 radical (unpaired) electrons. The molecular weight excluding hydrogens is 311 g/mol. The molecule has 21 heavy (non-hydrogen) atoms. The number of aryl methyl sites for hydroxylation is 1. The third-order valence-corrected chi connectivity index (χ3v) is 4.18. The fourth-order valence-electron chi connectivity index (χ4n) is 2.19. The average Bonchev–Trinajstić information content (AvgIpc) is 2.49. The molecule has 1 unspecified atom stereocenters. The fraction of sp³-hybridized carbons (Fsp3) is 0.250.